The summed E-state index contributed by atoms with van der Waals surface area (Å²) < 4.78 is 20.4. The standard InChI is InChI=1S/C12H13BrFNO2/c13-9-1-2-11(14)10(5-9)12-7-16-4-3-8(12)6-17-15-12/h1-2,5,8,15H,3-4,6-7H2/t8-,12-/m0/s1. The van der Waals surface area contributed by atoms with E-state index in [1.807, 2.05) is 0 Å². The Morgan fingerprint density at radius 1 is 1.47 bits per heavy atom. The van der Waals surface area contributed by atoms with Crippen molar-refractivity contribution in [3.63, 3.8) is 0 Å². The van der Waals surface area contributed by atoms with Gasteiger partial charge in [0.1, 0.15) is 5.82 Å². The maximum absolute atomic E-state index is 14.0. The third-order valence-electron chi connectivity index (χ3n) is 3.59. The molecule has 0 radical (unpaired) electrons. The number of ether oxygens (including phenoxy) is 1. The zero-order valence-corrected chi connectivity index (χ0v) is 10.8. The zero-order chi connectivity index (χ0) is 11.9. The molecule has 2 atom stereocenters. The van der Waals surface area contributed by atoms with E-state index in [4.69, 9.17) is 9.57 Å². The third-order valence-corrected chi connectivity index (χ3v) is 4.08. The molecule has 3 nitrogen and oxygen atoms in total. The highest BCUT2D eigenvalue weighted by Gasteiger charge is 2.49. The second-order valence-electron chi connectivity index (χ2n) is 4.55. The number of fused-ring (bicyclic) bond motifs is 1. The van der Waals surface area contributed by atoms with Crippen LogP contribution in [0.25, 0.3) is 0 Å². The van der Waals surface area contributed by atoms with Crippen molar-refractivity contribution in [1.29, 1.82) is 0 Å². The summed E-state index contributed by atoms with van der Waals surface area (Å²) in [5, 5.41) is 0. The molecule has 0 aromatic heterocycles. The summed E-state index contributed by atoms with van der Waals surface area (Å²) in [7, 11) is 0. The van der Waals surface area contributed by atoms with Gasteiger partial charge in [0.25, 0.3) is 0 Å². The number of hydrogen-bond acceptors (Lipinski definition) is 3. The summed E-state index contributed by atoms with van der Waals surface area (Å²) in [4.78, 5) is 5.33. The Morgan fingerprint density at radius 3 is 3.24 bits per heavy atom. The van der Waals surface area contributed by atoms with Crippen molar-refractivity contribution in [2.75, 3.05) is 19.8 Å². The predicted octanol–water partition coefficient (Wildman–Crippen LogP) is 2.35. The molecule has 0 bridgehead atoms. The minimum atomic E-state index is -0.536. The average Bonchev–Trinajstić information content (AvgIpc) is 2.77. The van der Waals surface area contributed by atoms with Crippen molar-refractivity contribution >= 4 is 15.9 Å². The van der Waals surface area contributed by atoms with Gasteiger partial charge in [-0.3, -0.25) is 0 Å². The fraction of sp³-hybridized carbons (Fsp3) is 0.500. The zero-order valence-electron chi connectivity index (χ0n) is 9.21. The molecular formula is C12H13BrFNO2. The van der Waals surface area contributed by atoms with Crippen molar-refractivity contribution in [2.45, 2.75) is 12.0 Å². The van der Waals surface area contributed by atoms with Gasteiger partial charge in [0.15, 0.2) is 0 Å². The van der Waals surface area contributed by atoms with Crippen molar-refractivity contribution < 1.29 is 14.0 Å². The monoisotopic (exact) mass is 301 g/mol. The molecular weight excluding hydrogens is 289 g/mol. The molecule has 1 N–H and O–H groups in total. The summed E-state index contributed by atoms with van der Waals surface area (Å²) in [6, 6.07) is 4.97. The fourth-order valence-electron chi connectivity index (χ4n) is 2.62. The highest BCUT2D eigenvalue weighted by atomic mass is 79.9. The van der Waals surface area contributed by atoms with Gasteiger partial charge in [-0.05, 0) is 24.6 Å². The smallest absolute Gasteiger partial charge is 0.128 e. The van der Waals surface area contributed by atoms with Crippen LogP contribution in [0.3, 0.4) is 0 Å². The maximum atomic E-state index is 14.0. The van der Waals surface area contributed by atoms with Crippen LogP contribution in [-0.4, -0.2) is 19.8 Å². The van der Waals surface area contributed by atoms with E-state index >= 15 is 0 Å². The van der Waals surface area contributed by atoms with Crippen LogP contribution in [0.15, 0.2) is 22.7 Å². The Morgan fingerprint density at radius 2 is 2.35 bits per heavy atom. The van der Waals surface area contributed by atoms with Crippen LogP contribution in [0.2, 0.25) is 0 Å². The topological polar surface area (TPSA) is 30.5 Å². The van der Waals surface area contributed by atoms with Gasteiger partial charge in [-0.2, -0.15) is 5.48 Å². The van der Waals surface area contributed by atoms with Gasteiger partial charge in [-0.25, -0.2) is 4.39 Å². The van der Waals surface area contributed by atoms with Gasteiger partial charge in [0.2, 0.25) is 0 Å². The molecule has 2 heterocycles. The third kappa shape index (κ3) is 1.81. The first-order valence-electron chi connectivity index (χ1n) is 5.64. The average molecular weight is 302 g/mol. The van der Waals surface area contributed by atoms with Crippen LogP contribution in [-0.2, 0) is 15.1 Å². The Kier molecular flexibility index (Phi) is 2.94. The largest absolute Gasteiger partial charge is 0.379 e. The molecule has 17 heavy (non-hydrogen) atoms. The van der Waals surface area contributed by atoms with Crippen molar-refractivity contribution in [3.05, 3.63) is 34.1 Å². The van der Waals surface area contributed by atoms with Gasteiger partial charge in [-0.15, -0.1) is 0 Å². The Hall–Kier alpha value is -0.490. The number of halogens is 2. The molecule has 3 rings (SSSR count). The molecule has 2 fully saturated rings. The molecule has 1 aromatic carbocycles. The van der Waals surface area contributed by atoms with E-state index in [9.17, 15) is 4.39 Å². The Balaban J connectivity index is 2.08. The van der Waals surface area contributed by atoms with Gasteiger partial charge in [-0.1, -0.05) is 15.9 Å². The van der Waals surface area contributed by atoms with E-state index < -0.39 is 5.54 Å². The molecule has 0 amide bonds. The van der Waals surface area contributed by atoms with E-state index in [0.717, 1.165) is 10.9 Å². The van der Waals surface area contributed by atoms with E-state index in [1.165, 1.54) is 6.07 Å². The number of rotatable bonds is 1. The molecule has 0 aliphatic carbocycles. The maximum Gasteiger partial charge on any atom is 0.128 e. The predicted molar refractivity (Wildman–Crippen MR) is 63.8 cm³/mol. The Labute approximate surface area is 107 Å². The highest BCUT2D eigenvalue weighted by molar-refractivity contribution is 9.10. The quantitative estimate of drug-likeness (QED) is 0.864. The van der Waals surface area contributed by atoms with Gasteiger partial charge >= 0.3 is 0 Å². The lowest BCUT2D eigenvalue weighted by atomic mass is 9.77. The minimum absolute atomic E-state index is 0.221. The summed E-state index contributed by atoms with van der Waals surface area (Å²) in [6.07, 6.45) is 0.888. The molecule has 92 valence electrons. The van der Waals surface area contributed by atoms with Gasteiger partial charge in [0, 0.05) is 22.6 Å². The van der Waals surface area contributed by atoms with E-state index in [0.29, 0.717) is 25.4 Å². The fourth-order valence-corrected chi connectivity index (χ4v) is 2.99. The van der Waals surface area contributed by atoms with Crippen LogP contribution in [0.5, 0.6) is 0 Å². The molecule has 2 aliphatic rings. The van der Waals surface area contributed by atoms with E-state index in [1.54, 1.807) is 12.1 Å². The lowest BCUT2D eigenvalue weighted by molar-refractivity contribution is -0.0226. The SMILES string of the molecule is Fc1ccc(Br)cc1[C@]12COCC[C@H]1CON2. The summed E-state index contributed by atoms with van der Waals surface area (Å²) in [5.74, 6) is 0.0433. The summed E-state index contributed by atoms with van der Waals surface area (Å²) >= 11 is 3.38. The van der Waals surface area contributed by atoms with E-state index in [-0.39, 0.29) is 11.7 Å². The number of hydroxylamine groups is 1. The van der Waals surface area contributed by atoms with Crippen LogP contribution >= 0.6 is 15.9 Å². The lowest BCUT2D eigenvalue weighted by Crippen LogP contribution is -2.49. The molecule has 0 spiro atoms. The molecule has 5 heteroatoms. The summed E-state index contributed by atoms with van der Waals surface area (Å²) in [5.41, 5.74) is 3.05. The number of hydrogen-bond donors (Lipinski definition) is 1. The lowest BCUT2D eigenvalue weighted by Gasteiger charge is -2.37. The second kappa shape index (κ2) is 4.31. The molecule has 2 aliphatic heterocycles. The van der Waals surface area contributed by atoms with Crippen molar-refractivity contribution in [1.82, 2.24) is 5.48 Å². The van der Waals surface area contributed by atoms with Gasteiger partial charge in [0.05, 0.1) is 18.8 Å². The normalized spacial score (nSPS) is 32.5. The molecule has 0 saturated carbocycles. The molecule has 2 saturated heterocycles. The van der Waals surface area contributed by atoms with Crippen LogP contribution < -0.4 is 5.48 Å². The minimum Gasteiger partial charge on any atom is -0.379 e. The second-order valence-corrected chi connectivity index (χ2v) is 5.46. The highest BCUT2D eigenvalue weighted by Crippen LogP contribution is 2.41. The van der Waals surface area contributed by atoms with Crippen molar-refractivity contribution in [3.8, 4) is 0 Å². The molecule has 1 aromatic rings. The first kappa shape index (κ1) is 11.6. The molecule has 0 unspecified atom stereocenters. The first-order chi connectivity index (χ1) is 8.22. The Bertz CT molecular complexity index is 443. The van der Waals surface area contributed by atoms with E-state index in [2.05, 4.69) is 21.4 Å². The first-order valence-corrected chi connectivity index (χ1v) is 6.44. The number of benzene rings is 1. The van der Waals surface area contributed by atoms with Crippen LogP contribution in [0.4, 0.5) is 4.39 Å². The summed E-state index contributed by atoms with van der Waals surface area (Å²) in [6.45, 7) is 1.77. The van der Waals surface area contributed by atoms with Crippen LogP contribution in [0, 0.1) is 11.7 Å². The van der Waals surface area contributed by atoms with Gasteiger partial charge < -0.3 is 9.57 Å². The van der Waals surface area contributed by atoms with Crippen molar-refractivity contribution in [2.24, 2.45) is 5.92 Å². The van der Waals surface area contributed by atoms with Crippen LogP contribution in [0.1, 0.15) is 12.0 Å². The number of nitrogens with one attached hydrogen (secondary N) is 1.